The molecule has 0 amide bonds. The van der Waals surface area contributed by atoms with Gasteiger partial charge in [0.25, 0.3) is 0 Å². The van der Waals surface area contributed by atoms with Crippen molar-refractivity contribution in [2.75, 3.05) is 4.90 Å². The van der Waals surface area contributed by atoms with Crippen LogP contribution < -0.4 is 14.4 Å². The van der Waals surface area contributed by atoms with Gasteiger partial charge in [-0.3, -0.25) is 4.90 Å². The van der Waals surface area contributed by atoms with Crippen molar-refractivity contribution in [1.29, 1.82) is 0 Å². The Hall–Kier alpha value is -10.4. The fourth-order valence-electron chi connectivity index (χ4n) is 13.3. The first-order valence-corrected chi connectivity index (χ1v) is 26.4. The van der Waals surface area contributed by atoms with E-state index in [-0.39, 0.29) is 0 Å². The predicted octanol–water partition coefficient (Wildman–Crippen LogP) is 20.0. The summed E-state index contributed by atoms with van der Waals surface area (Å²) in [6.07, 6.45) is 0. The molecular formula is C72H41N3O2. The van der Waals surface area contributed by atoms with E-state index in [1.165, 1.54) is 82.4 Å². The molecule has 15 aromatic rings. The van der Waals surface area contributed by atoms with Crippen molar-refractivity contribution >= 4 is 93.0 Å². The number of nitrogens with zero attached hydrogens (tertiary/aromatic N) is 3. The lowest BCUT2D eigenvalue weighted by Gasteiger charge is -2.38. The molecule has 18 rings (SSSR count). The van der Waals surface area contributed by atoms with Crippen LogP contribution in [0.2, 0.25) is 0 Å². The summed E-state index contributed by atoms with van der Waals surface area (Å²) in [5, 5.41) is 11.9. The molecule has 5 heteroatoms. The number of fused-ring (bicyclic) bond motifs is 15. The first kappa shape index (κ1) is 41.0. The highest BCUT2D eigenvalue weighted by Gasteiger charge is 2.36. The number of anilines is 3. The van der Waals surface area contributed by atoms with Crippen molar-refractivity contribution in [3.8, 4) is 78.9 Å². The molecule has 77 heavy (non-hydrogen) atoms. The molecule has 2 aromatic heterocycles. The topological polar surface area (TPSA) is 31.6 Å². The van der Waals surface area contributed by atoms with Crippen molar-refractivity contribution in [2.24, 2.45) is 0 Å². The zero-order valence-corrected chi connectivity index (χ0v) is 41.3. The highest BCUT2D eigenvalue weighted by molar-refractivity contribution is 6.20. The summed E-state index contributed by atoms with van der Waals surface area (Å²) < 4.78 is 18.9. The Kier molecular flexibility index (Phi) is 8.06. The third-order valence-corrected chi connectivity index (χ3v) is 16.7. The van der Waals surface area contributed by atoms with Gasteiger partial charge in [-0.25, -0.2) is 0 Å². The Balaban J connectivity index is 0.813. The second-order valence-electron chi connectivity index (χ2n) is 20.8. The van der Waals surface area contributed by atoms with Crippen molar-refractivity contribution in [1.82, 2.24) is 9.13 Å². The summed E-state index contributed by atoms with van der Waals surface area (Å²) in [6, 6.07) is 90.9. The van der Waals surface area contributed by atoms with E-state index in [1.54, 1.807) is 0 Å². The SMILES string of the molecule is c1ccc(-c2ccc3c(c2)c2cc(-c4ccc5c(c4)c4ccccc4n5-c4cc5c6c(c4)Oc4cc7ccccc7cc4N6c4cc6ccccc6cc4O5)ccc2n3-c2ccc3c4c(cccc24)-c2ccccc2-3)cc1. The molecule has 0 atom stereocenters. The molecule has 5 nitrogen and oxygen atoms in total. The van der Waals surface area contributed by atoms with Crippen molar-refractivity contribution in [2.45, 2.75) is 0 Å². The molecule has 0 N–H and O–H groups in total. The highest BCUT2D eigenvalue weighted by Crippen LogP contribution is 2.61. The minimum Gasteiger partial charge on any atom is -0.453 e. The lowest BCUT2D eigenvalue weighted by Crippen LogP contribution is -2.20. The Morgan fingerprint density at radius 1 is 0.260 bits per heavy atom. The van der Waals surface area contributed by atoms with Crippen LogP contribution >= 0.6 is 0 Å². The van der Waals surface area contributed by atoms with Crippen LogP contribution in [-0.4, -0.2) is 9.13 Å². The number of benzene rings is 13. The summed E-state index contributed by atoms with van der Waals surface area (Å²) in [6.45, 7) is 0. The van der Waals surface area contributed by atoms with Gasteiger partial charge in [0.1, 0.15) is 5.69 Å². The van der Waals surface area contributed by atoms with Crippen LogP contribution in [0, 0.1) is 0 Å². The smallest absolute Gasteiger partial charge is 0.157 e. The molecule has 0 spiro atoms. The van der Waals surface area contributed by atoms with Gasteiger partial charge < -0.3 is 18.6 Å². The van der Waals surface area contributed by atoms with E-state index in [9.17, 15) is 0 Å². The Morgan fingerprint density at radius 3 is 1.35 bits per heavy atom. The number of rotatable bonds is 4. The standard InChI is InChI=1S/C72H41N3O2/c1-2-13-42(14-3-1)47-25-30-63-58(33-47)59-35-49(27-31-64(59)74(63)61-32-28-55-52-20-9-8-19-51(52)54-22-12-23-56(61)71(54)55)48-26-29-62-57(34-48)53-21-10-11-24-60(53)73(62)50-40-69-72-70(41-50)77-68-39-46-18-7-5-16-44(46)37-66(68)75(72)65-36-43-15-4-6-17-45(43)38-67(65)76-69/h1-41H. The number of aromatic nitrogens is 2. The molecule has 356 valence electrons. The van der Waals surface area contributed by atoms with E-state index < -0.39 is 0 Å². The summed E-state index contributed by atoms with van der Waals surface area (Å²) in [5.41, 5.74) is 19.5. The lowest BCUT2D eigenvalue weighted by atomic mass is 9.99. The van der Waals surface area contributed by atoms with E-state index in [0.29, 0.717) is 0 Å². The molecule has 0 saturated heterocycles. The van der Waals surface area contributed by atoms with Crippen molar-refractivity contribution in [3.05, 3.63) is 249 Å². The van der Waals surface area contributed by atoms with Gasteiger partial charge in [-0.2, -0.15) is 0 Å². The average molecular weight is 980 g/mol. The Labute approximate surface area is 441 Å². The van der Waals surface area contributed by atoms with Gasteiger partial charge in [-0.1, -0.05) is 164 Å². The van der Waals surface area contributed by atoms with E-state index in [0.717, 1.165) is 89.5 Å². The zero-order valence-electron chi connectivity index (χ0n) is 41.3. The van der Waals surface area contributed by atoms with Crippen molar-refractivity contribution < 1.29 is 9.47 Å². The van der Waals surface area contributed by atoms with Crippen LogP contribution in [0.15, 0.2) is 249 Å². The van der Waals surface area contributed by atoms with Gasteiger partial charge in [-0.05, 0) is 144 Å². The van der Waals surface area contributed by atoms with Gasteiger partial charge in [-0.15, -0.1) is 0 Å². The molecule has 1 aliphatic carbocycles. The number of ether oxygens (including phenoxy) is 2. The van der Waals surface area contributed by atoms with Crippen molar-refractivity contribution in [3.63, 3.8) is 0 Å². The van der Waals surface area contributed by atoms with Crippen LogP contribution in [-0.2, 0) is 0 Å². The molecule has 0 fully saturated rings. The first-order chi connectivity index (χ1) is 38.1. The third kappa shape index (κ3) is 5.72. The predicted molar refractivity (Wildman–Crippen MR) is 318 cm³/mol. The fourth-order valence-corrected chi connectivity index (χ4v) is 13.3. The molecule has 4 heterocycles. The van der Waals surface area contributed by atoms with Crippen LogP contribution in [0.4, 0.5) is 17.1 Å². The summed E-state index contributed by atoms with van der Waals surface area (Å²) >= 11 is 0. The van der Waals surface area contributed by atoms with Gasteiger partial charge in [0.05, 0.1) is 44.8 Å². The first-order valence-electron chi connectivity index (χ1n) is 26.4. The van der Waals surface area contributed by atoms with Gasteiger partial charge in [0.2, 0.25) is 0 Å². The monoisotopic (exact) mass is 979 g/mol. The normalized spacial score (nSPS) is 12.9. The molecule has 3 aliphatic rings. The molecule has 0 saturated carbocycles. The summed E-state index contributed by atoms with van der Waals surface area (Å²) in [4.78, 5) is 2.34. The molecule has 0 bridgehead atoms. The van der Waals surface area contributed by atoms with E-state index >= 15 is 0 Å². The number of hydrogen-bond donors (Lipinski definition) is 0. The molecule has 2 aliphatic heterocycles. The zero-order chi connectivity index (χ0) is 50.0. The molecular weight excluding hydrogens is 939 g/mol. The van der Waals surface area contributed by atoms with Gasteiger partial charge in [0, 0.05) is 39.1 Å². The third-order valence-electron chi connectivity index (χ3n) is 16.7. The van der Waals surface area contributed by atoms with E-state index in [1.807, 2.05) is 0 Å². The second-order valence-corrected chi connectivity index (χ2v) is 20.8. The quantitative estimate of drug-likeness (QED) is 0.176. The van der Waals surface area contributed by atoms with Gasteiger partial charge in [0.15, 0.2) is 23.0 Å². The van der Waals surface area contributed by atoms with Crippen LogP contribution in [0.3, 0.4) is 0 Å². The maximum Gasteiger partial charge on any atom is 0.157 e. The summed E-state index contributed by atoms with van der Waals surface area (Å²) in [5.74, 6) is 3.09. The Bertz CT molecular complexity index is 4980. The average Bonchev–Trinajstić information content (AvgIpc) is 4.36. The highest BCUT2D eigenvalue weighted by atomic mass is 16.5. The van der Waals surface area contributed by atoms with Crippen LogP contribution in [0.25, 0.3) is 132 Å². The van der Waals surface area contributed by atoms with Crippen LogP contribution in [0.1, 0.15) is 0 Å². The number of para-hydroxylation sites is 1. The van der Waals surface area contributed by atoms with Gasteiger partial charge >= 0.3 is 0 Å². The maximum absolute atomic E-state index is 7.01. The molecule has 13 aromatic carbocycles. The van der Waals surface area contributed by atoms with E-state index in [4.69, 9.17) is 9.47 Å². The van der Waals surface area contributed by atoms with Crippen LogP contribution in [0.5, 0.6) is 23.0 Å². The van der Waals surface area contributed by atoms with E-state index in [2.05, 4.69) is 263 Å². The number of hydrogen-bond acceptors (Lipinski definition) is 3. The Morgan fingerprint density at radius 2 is 0.727 bits per heavy atom. The second kappa shape index (κ2) is 15.1. The fraction of sp³-hybridized carbons (Fsp3) is 0. The largest absolute Gasteiger partial charge is 0.453 e. The molecule has 0 radical (unpaired) electrons. The summed E-state index contributed by atoms with van der Waals surface area (Å²) in [7, 11) is 0. The lowest BCUT2D eigenvalue weighted by molar-refractivity contribution is 0.446. The maximum atomic E-state index is 7.01. The minimum atomic E-state index is 0.742. The minimum absolute atomic E-state index is 0.742. The molecule has 0 unspecified atom stereocenters.